The third-order valence-electron chi connectivity index (χ3n) is 1.49. The Morgan fingerprint density at radius 2 is 1.71 bits per heavy atom. The summed E-state index contributed by atoms with van der Waals surface area (Å²) >= 11 is 0. The van der Waals surface area contributed by atoms with Gasteiger partial charge in [-0.25, -0.2) is 0 Å². The number of carbonyl (C=O) groups is 1. The summed E-state index contributed by atoms with van der Waals surface area (Å²) in [5.41, 5.74) is 1.94. The smallest absolute Gasteiger partial charge is 0.255 e. The lowest BCUT2D eigenvalue weighted by Crippen LogP contribution is -2.22. The molecule has 0 unspecified atom stereocenters. The van der Waals surface area contributed by atoms with E-state index in [9.17, 15) is 4.79 Å². The predicted molar refractivity (Wildman–Crippen MR) is 76.6 cm³/mol. The van der Waals surface area contributed by atoms with E-state index in [-0.39, 0.29) is 5.91 Å². The van der Waals surface area contributed by atoms with E-state index in [4.69, 9.17) is 0 Å². The summed E-state index contributed by atoms with van der Waals surface area (Å²) in [7, 11) is 0. The Morgan fingerprint density at radius 3 is 2.00 bits per heavy atom. The number of rotatable bonds is 4. The fourth-order valence-corrected chi connectivity index (χ4v) is 0.865. The molecule has 0 aliphatic carbocycles. The SMILES string of the molecule is C=C(C)NC(=O)/C(=C/C=C\C)C(=C)C.CCC. The van der Waals surface area contributed by atoms with E-state index in [1.807, 2.05) is 19.1 Å². The fourth-order valence-electron chi connectivity index (χ4n) is 0.865. The molecule has 0 aromatic heterocycles. The maximum atomic E-state index is 11.6. The third kappa shape index (κ3) is 10.7. The average Bonchev–Trinajstić information content (AvgIpc) is 2.17. The summed E-state index contributed by atoms with van der Waals surface area (Å²) in [5, 5.41) is 2.64. The molecule has 0 aliphatic rings. The highest BCUT2D eigenvalue weighted by atomic mass is 16.1. The average molecular weight is 235 g/mol. The second-order valence-electron chi connectivity index (χ2n) is 3.83. The van der Waals surface area contributed by atoms with Gasteiger partial charge in [-0.1, -0.05) is 45.6 Å². The minimum Gasteiger partial charge on any atom is -0.327 e. The molecule has 2 heteroatoms. The van der Waals surface area contributed by atoms with E-state index in [2.05, 4.69) is 32.3 Å². The monoisotopic (exact) mass is 235 g/mol. The van der Waals surface area contributed by atoms with Crippen LogP contribution in [0.2, 0.25) is 0 Å². The molecule has 17 heavy (non-hydrogen) atoms. The topological polar surface area (TPSA) is 29.1 Å². The Balaban J connectivity index is 0. The van der Waals surface area contributed by atoms with E-state index in [1.54, 1.807) is 19.9 Å². The Labute approximate surface area is 106 Å². The van der Waals surface area contributed by atoms with Gasteiger partial charge in [-0.15, -0.1) is 0 Å². The third-order valence-corrected chi connectivity index (χ3v) is 1.49. The molecule has 0 radical (unpaired) electrons. The van der Waals surface area contributed by atoms with E-state index < -0.39 is 0 Å². The number of amides is 1. The first kappa shape index (κ1) is 17.8. The number of hydrogen-bond acceptors (Lipinski definition) is 1. The van der Waals surface area contributed by atoms with Crippen LogP contribution in [0.3, 0.4) is 0 Å². The van der Waals surface area contributed by atoms with Crippen molar-refractivity contribution in [3.05, 3.63) is 48.2 Å². The highest BCUT2D eigenvalue weighted by Crippen LogP contribution is 2.07. The summed E-state index contributed by atoms with van der Waals surface area (Å²) in [4.78, 5) is 11.6. The van der Waals surface area contributed by atoms with E-state index >= 15 is 0 Å². The molecule has 0 fully saturated rings. The first-order valence-electron chi connectivity index (χ1n) is 5.86. The molecule has 0 rings (SSSR count). The van der Waals surface area contributed by atoms with Gasteiger partial charge in [-0.2, -0.15) is 0 Å². The summed E-state index contributed by atoms with van der Waals surface area (Å²) in [6, 6.07) is 0. The van der Waals surface area contributed by atoms with E-state index in [0.717, 1.165) is 5.57 Å². The quantitative estimate of drug-likeness (QED) is 0.576. The van der Waals surface area contributed by atoms with Crippen LogP contribution >= 0.6 is 0 Å². The van der Waals surface area contributed by atoms with Gasteiger partial charge in [0.2, 0.25) is 0 Å². The van der Waals surface area contributed by atoms with Crippen LogP contribution in [0.15, 0.2) is 48.2 Å². The molecule has 1 amide bonds. The molecule has 0 heterocycles. The molecule has 0 saturated heterocycles. The van der Waals surface area contributed by atoms with Gasteiger partial charge < -0.3 is 5.32 Å². The van der Waals surface area contributed by atoms with Crippen molar-refractivity contribution >= 4 is 5.91 Å². The van der Waals surface area contributed by atoms with E-state index in [0.29, 0.717) is 11.3 Å². The zero-order chi connectivity index (χ0) is 13.8. The van der Waals surface area contributed by atoms with Crippen molar-refractivity contribution in [1.29, 1.82) is 0 Å². The molecule has 0 aliphatic heterocycles. The molecular formula is C15H25NO. The fraction of sp³-hybridized carbons (Fsp3) is 0.400. The summed E-state index contributed by atoms with van der Waals surface area (Å²) in [5.74, 6) is -0.164. The Hall–Kier alpha value is -1.57. The number of nitrogens with one attached hydrogen (secondary N) is 1. The lowest BCUT2D eigenvalue weighted by molar-refractivity contribution is -0.116. The second kappa shape index (κ2) is 10.9. The van der Waals surface area contributed by atoms with Crippen LogP contribution in [-0.4, -0.2) is 5.91 Å². The number of allylic oxidation sites excluding steroid dienone is 4. The van der Waals surface area contributed by atoms with Crippen LogP contribution in [0.5, 0.6) is 0 Å². The van der Waals surface area contributed by atoms with Gasteiger partial charge in [0.25, 0.3) is 5.91 Å². The summed E-state index contributed by atoms with van der Waals surface area (Å²) in [6.07, 6.45) is 6.65. The molecule has 96 valence electrons. The molecule has 0 aromatic carbocycles. The molecule has 1 N–H and O–H groups in total. The van der Waals surface area contributed by atoms with Gasteiger partial charge in [-0.05, 0) is 32.4 Å². The Morgan fingerprint density at radius 1 is 1.24 bits per heavy atom. The molecule has 0 spiro atoms. The largest absolute Gasteiger partial charge is 0.327 e. The van der Waals surface area contributed by atoms with Crippen molar-refractivity contribution in [3.8, 4) is 0 Å². The first-order valence-corrected chi connectivity index (χ1v) is 5.86. The standard InChI is InChI=1S/C12H17NO.C3H8/c1-6-7-8-11(9(2)3)12(14)13-10(4)5;1-3-2/h6-8H,2,4H2,1,3,5H3,(H,13,14);3H2,1-2H3/b7-6-,11-8+;. The van der Waals surface area contributed by atoms with Gasteiger partial charge >= 0.3 is 0 Å². The van der Waals surface area contributed by atoms with Crippen LogP contribution in [0.25, 0.3) is 0 Å². The van der Waals surface area contributed by atoms with Crippen LogP contribution in [0.4, 0.5) is 0 Å². The van der Waals surface area contributed by atoms with Gasteiger partial charge in [0.15, 0.2) is 0 Å². The summed E-state index contributed by atoms with van der Waals surface area (Å²) < 4.78 is 0. The van der Waals surface area contributed by atoms with Crippen molar-refractivity contribution < 1.29 is 4.79 Å². The highest BCUT2D eigenvalue weighted by Gasteiger charge is 2.08. The number of carbonyl (C=O) groups excluding carboxylic acids is 1. The molecule has 2 nitrogen and oxygen atoms in total. The first-order chi connectivity index (χ1) is 7.90. The second-order valence-corrected chi connectivity index (χ2v) is 3.83. The van der Waals surface area contributed by atoms with Gasteiger partial charge in [0, 0.05) is 11.3 Å². The van der Waals surface area contributed by atoms with Crippen molar-refractivity contribution in [2.75, 3.05) is 0 Å². The predicted octanol–water partition coefficient (Wildman–Crippen LogP) is 4.13. The zero-order valence-corrected chi connectivity index (χ0v) is 11.8. The molecule has 0 bridgehead atoms. The molecular weight excluding hydrogens is 210 g/mol. The minimum atomic E-state index is -0.164. The molecule has 0 atom stereocenters. The lowest BCUT2D eigenvalue weighted by Gasteiger charge is -2.06. The van der Waals surface area contributed by atoms with Crippen LogP contribution in [0.1, 0.15) is 41.0 Å². The van der Waals surface area contributed by atoms with Crippen molar-refractivity contribution in [2.45, 2.75) is 41.0 Å². The van der Waals surface area contributed by atoms with Crippen molar-refractivity contribution in [2.24, 2.45) is 0 Å². The van der Waals surface area contributed by atoms with Crippen LogP contribution in [0, 0.1) is 0 Å². The van der Waals surface area contributed by atoms with Gasteiger partial charge in [-0.3, -0.25) is 4.79 Å². The van der Waals surface area contributed by atoms with Gasteiger partial charge in [0.1, 0.15) is 0 Å². The number of hydrogen-bond donors (Lipinski definition) is 1. The van der Waals surface area contributed by atoms with Crippen molar-refractivity contribution in [1.82, 2.24) is 5.32 Å². The minimum absolute atomic E-state index is 0.164. The summed E-state index contributed by atoms with van der Waals surface area (Å²) in [6.45, 7) is 17.0. The lowest BCUT2D eigenvalue weighted by atomic mass is 10.1. The maximum absolute atomic E-state index is 11.6. The molecule has 0 aromatic rings. The van der Waals surface area contributed by atoms with E-state index in [1.165, 1.54) is 6.42 Å². The van der Waals surface area contributed by atoms with Crippen LogP contribution in [-0.2, 0) is 4.79 Å². The highest BCUT2D eigenvalue weighted by molar-refractivity contribution is 5.98. The van der Waals surface area contributed by atoms with Crippen molar-refractivity contribution in [3.63, 3.8) is 0 Å². The maximum Gasteiger partial charge on any atom is 0.255 e. The normalized spacial score (nSPS) is 10.5. The zero-order valence-electron chi connectivity index (χ0n) is 11.8. The Kier molecular flexibility index (Phi) is 11.5. The molecule has 0 saturated carbocycles. The van der Waals surface area contributed by atoms with Crippen LogP contribution < -0.4 is 5.32 Å². The van der Waals surface area contributed by atoms with Gasteiger partial charge in [0.05, 0.1) is 0 Å². The Bertz CT molecular complexity index is 322.